The zero-order valence-corrected chi connectivity index (χ0v) is 8.48. The van der Waals surface area contributed by atoms with Crippen LogP contribution in [-0.2, 0) is 0 Å². The van der Waals surface area contributed by atoms with Crippen LogP contribution in [0.3, 0.4) is 0 Å². The van der Waals surface area contributed by atoms with Gasteiger partial charge in [0.15, 0.2) is 0 Å². The maximum absolute atomic E-state index is 10.1. The smallest absolute Gasteiger partial charge is 0.0797 e. The Balaban J connectivity index is 2.56. The molecular formula is C10H21NO. The van der Waals surface area contributed by atoms with Crippen LogP contribution in [0.2, 0.25) is 0 Å². The Labute approximate surface area is 75.4 Å². The third kappa shape index (κ3) is 1.64. The Bertz CT molecular complexity index is 156. The lowest BCUT2D eigenvalue weighted by Gasteiger charge is -2.37. The SMILES string of the molecule is CCCNC1(C)CCCC1(C)O. The molecule has 1 rings (SSSR count). The van der Waals surface area contributed by atoms with Gasteiger partial charge >= 0.3 is 0 Å². The summed E-state index contributed by atoms with van der Waals surface area (Å²) in [6, 6.07) is 0. The molecule has 0 aromatic carbocycles. The summed E-state index contributed by atoms with van der Waals surface area (Å²) < 4.78 is 0. The predicted molar refractivity (Wildman–Crippen MR) is 51.2 cm³/mol. The van der Waals surface area contributed by atoms with E-state index in [0.29, 0.717) is 0 Å². The van der Waals surface area contributed by atoms with Crippen LogP contribution in [0.25, 0.3) is 0 Å². The van der Waals surface area contributed by atoms with E-state index in [1.807, 2.05) is 6.92 Å². The number of nitrogens with one attached hydrogen (secondary N) is 1. The molecule has 1 fully saturated rings. The Morgan fingerprint density at radius 2 is 2.00 bits per heavy atom. The van der Waals surface area contributed by atoms with Crippen molar-refractivity contribution in [3.63, 3.8) is 0 Å². The molecule has 2 atom stereocenters. The normalized spacial score (nSPS) is 42.0. The van der Waals surface area contributed by atoms with Crippen molar-refractivity contribution in [1.29, 1.82) is 0 Å². The van der Waals surface area contributed by atoms with Gasteiger partial charge in [0.2, 0.25) is 0 Å². The molecule has 2 heteroatoms. The Morgan fingerprint density at radius 1 is 1.33 bits per heavy atom. The highest BCUT2D eigenvalue weighted by Gasteiger charge is 2.46. The first-order chi connectivity index (χ1) is 5.52. The zero-order chi connectivity index (χ0) is 9.24. The molecule has 0 radical (unpaired) electrons. The molecular weight excluding hydrogens is 150 g/mol. The van der Waals surface area contributed by atoms with Crippen molar-refractivity contribution in [3.05, 3.63) is 0 Å². The van der Waals surface area contributed by atoms with Gasteiger partial charge in [-0.2, -0.15) is 0 Å². The molecule has 0 spiro atoms. The molecule has 1 aliphatic carbocycles. The number of aliphatic hydroxyl groups is 1. The van der Waals surface area contributed by atoms with Gasteiger partial charge in [-0.3, -0.25) is 0 Å². The van der Waals surface area contributed by atoms with Gasteiger partial charge in [0, 0.05) is 5.54 Å². The summed E-state index contributed by atoms with van der Waals surface area (Å²) in [5.41, 5.74) is -0.564. The quantitative estimate of drug-likeness (QED) is 0.677. The van der Waals surface area contributed by atoms with E-state index >= 15 is 0 Å². The van der Waals surface area contributed by atoms with Crippen LogP contribution in [0.1, 0.15) is 46.5 Å². The fourth-order valence-electron chi connectivity index (χ4n) is 2.01. The van der Waals surface area contributed by atoms with Crippen LogP contribution in [0, 0.1) is 0 Å². The molecule has 0 bridgehead atoms. The first-order valence-corrected chi connectivity index (χ1v) is 4.99. The Kier molecular flexibility index (Phi) is 2.79. The zero-order valence-electron chi connectivity index (χ0n) is 8.48. The van der Waals surface area contributed by atoms with E-state index < -0.39 is 5.60 Å². The van der Waals surface area contributed by atoms with Crippen LogP contribution in [0.5, 0.6) is 0 Å². The lowest BCUT2D eigenvalue weighted by molar-refractivity contribution is -0.00615. The van der Waals surface area contributed by atoms with Gasteiger partial charge in [-0.1, -0.05) is 6.92 Å². The second-order valence-electron chi connectivity index (χ2n) is 4.39. The maximum Gasteiger partial charge on any atom is 0.0797 e. The Morgan fingerprint density at radius 3 is 2.42 bits per heavy atom. The van der Waals surface area contributed by atoms with Crippen LogP contribution in [0.4, 0.5) is 0 Å². The van der Waals surface area contributed by atoms with Crippen molar-refractivity contribution in [2.45, 2.75) is 57.6 Å². The standard InChI is InChI=1S/C10H21NO/c1-4-8-11-9(2)6-5-7-10(9,3)12/h11-12H,4-8H2,1-3H3. The summed E-state index contributed by atoms with van der Waals surface area (Å²) in [5.74, 6) is 0. The van der Waals surface area contributed by atoms with Crippen LogP contribution < -0.4 is 5.32 Å². The van der Waals surface area contributed by atoms with E-state index in [1.54, 1.807) is 0 Å². The molecule has 0 aromatic rings. The molecule has 1 aliphatic rings. The fourth-order valence-corrected chi connectivity index (χ4v) is 2.01. The molecule has 0 heterocycles. The maximum atomic E-state index is 10.1. The molecule has 2 nitrogen and oxygen atoms in total. The van der Waals surface area contributed by atoms with E-state index in [2.05, 4.69) is 19.2 Å². The molecule has 0 amide bonds. The third-order valence-electron chi connectivity index (χ3n) is 3.29. The van der Waals surface area contributed by atoms with E-state index in [9.17, 15) is 5.11 Å². The molecule has 0 aromatic heterocycles. The number of hydrogen-bond acceptors (Lipinski definition) is 2. The van der Waals surface area contributed by atoms with Gasteiger partial charge in [0.25, 0.3) is 0 Å². The average Bonchev–Trinajstić information content (AvgIpc) is 2.24. The first kappa shape index (κ1) is 10.0. The van der Waals surface area contributed by atoms with Gasteiger partial charge in [0.05, 0.1) is 5.60 Å². The van der Waals surface area contributed by atoms with E-state index in [0.717, 1.165) is 32.2 Å². The molecule has 2 N–H and O–H groups in total. The lowest BCUT2D eigenvalue weighted by atomic mass is 9.86. The van der Waals surface area contributed by atoms with Crippen molar-refractivity contribution in [2.24, 2.45) is 0 Å². The van der Waals surface area contributed by atoms with Gasteiger partial charge in [-0.05, 0) is 46.1 Å². The lowest BCUT2D eigenvalue weighted by Crippen LogP contribution is -2.55. The summed E-state index contributed by atoms with van der Waals surface area (Å²) in [4.78, 5) is 0. The number of rotatable bonds is 3. The molecule has 12 heavy (non-hydrogen) atoms. The molecule has 0 aliphatic heterocycles. The summed E-state index contributed by atoms with van der Waals surface area (Å²) >= 11 is 0. The second kappa shape index (κ2) is 3.35. The van der Waals surface area contributed by atoms with Gasteiger partial charge in [0.1, 0.15) is 0 Å². The minimum Gasteiger partial charge on any atom is -0.388 e. The highest BCUT2D eigenvalue weighted by molar-refractivity contribution is 5.04. The van der Waals surface area contributed by atoms with Gasteiger partial charge in [-0.25, -0.2) is 0 Å². The molecule has 0 saturated heterocycles. The average molecular weight is 171 g/mol. The van der Waals surface area contributed by atoms with Crippen LogP contribution >= 0.6 is 0 Å². The van der Waals surface area contributed by atoms with Crippen molar-refractivity contribution in [3.8, 4) is 0 Å². The Hall–Kier alpha value is -0.0800. The topological polar surface area (TPSA) is 32.3 Å². The van der Waals surface area contributed by atoms with Crippen molar-refractivity contribution < 1.29 is 5.11 Å². The van der Waals surface area contributed by atoms with Crippen molar-refractivity contribution in [1.82, 2.24) is 5.32 Å². The minimum atomic E-state index is -0.512. The molecule has 72 valence electrons. The summed E-state index contributed by atoms with van der Waals surface area (Å²) in [5, 5.41) is 13.5. The minimum absolute atomic E-state index is 0.0526. The van der Waals surface area contributed by atoms with Gasteiger partial charge in [-0.15, -0.1) is 0 Å². The third-order valence-corrected chi connectivity index (χ3v) is 3.29. The van der Waals surface area contributed by atoms with E-state index in [4.69, 9.17) is 0 Å². The van der Waals surface area contributed by atoms with E-state index in [1.165, 1.54) is 0 Å². The van der Waals surface area contributed by atoms with Crippen molar-refractivity contribution in [2.75, 3.05) is 6.54 Å². The van der Waals surface area contributed by atoms with Crippen LogP contribution in [0.15, 0.2) is 0 Å². The molecule has 1 saturated carbocycles. The fraction of sp³-hybridized carbons (Fsp3) is 1.00. The molecule has 2 unspecified atom stereocenters. The second-order valence-corrected chi connectivity index (χ2v) is 4.39. The summed E-state index contributed by atoms with van der Waals surface area (Å²) in [6.07, 6.45) is 4.30. The predicted octanol–water partition coefficient (Wildman–Crippen LogP) is 1.68. The summed E-state index contributed by atoms with van der Waals surface area (Å²) in [6.45, 7) is 7.24. The summed E-state index contributed by atoms with van der Waals surface area (Å²) in [7, 11) is 0. The first-order valence-electron chi connectivity index (χ1n) is 4.99. The highest BCUT2D eigenvalue weighted by atomic mass is 16.3. The van der Waals surface area contributed by atoms with Gasteiger partial charge < -0.3 is 10.4 Å². The van der Waals surface area contributed by atoms with E-state index in [-0.39, 0.29) is 5.54 Å². The largest absolute Gasteiger partial charge is 0.388 e. The van der Waals surface area contributed by atoms with Crippen LogP contribution in [-0.4, -0.2) is 22.8 Å². The highest BCUT2D eigenvalue weighted by Crippen LogP contribution is 2.38. The monoisotopic (exact) mass is 171 g/mol. The van der Waals surface area contributed by atoms with Crippen molar-refractivity contribution >= 4 is 0 Å². The number of hydrogen-bond donors (Lipinski definition) is 2.